The zero-order valence-corrected chi connectivity index (χ0v) is 10.8. The van der Waals surface area contributed by atoms with Crippen LogP contribution in [0.4, 0.5) is 11.5 Å². The predicted octanol–water partition coefficient (Wildman–Crippen LogP) is 2.80. The van der Waals surface area contributed by atoms with Crippen molar-refractivity contribution in [3.8, 4) is 0 Å². The summed E-state index contributed by atoms with van der Waals surface area (Å²) in [4.78, 5) is 18.0. The summed E-state index contributed by atoms with van der Waals surface area (Å²) in [5.74, 6) is 0.702. The van der Waals surface area contributed by atoms with E-state index in [2.05, 4.69) is 29.1 Å². The predicted molar refractivity (Wildman–Crippen MR) is 66.4 cm³/mol. The number of nitrogens with one attached hydrogen (secondary N) is 1. The van der Waals surface area contributed by atoms with E-state index in [0.717, 1.165) is 6.42 Å². The number of hydrogen-bond donors (Lipinski definition) is 1. The van der Waals surface area contributed by atoms with Crippen LogP contribution in [0.1, 0.15) is 26.0 Å². The molecule has 0 aliphatic rings. The molecule has 0 unspecified atom stereocenters. The van der Waals surface area contributed by atoms with Gasteiger partial charge in [-0.15, -0.1) is 0 Å². The molecule has 1 N–H and O–H groups in total. The highest BCUT2D eigenvalue weighted by Crippen LogP contribution is 2.26. The van der Waals surface area contributed by atoms with E-state index in [1.807, 2.05) is 0 Å². The first-order valence-electron chi connectivity index (χ1n) is 5.34. The van der Waals surface area contributed by atoms with Crippen LogP contribution in [-0.2, 0) is 0 Å². The Labute approximate surface area is 105 Å². The summed E-state index contributed by atoms with van der Waals surface area (Å²) in [5.41, 5.74) is 0.153. The van der Waals surface area contributed by atoms with E-state index < -0.39 is 4.92 Å². The lowest BCUT2D eigenvalue weighted by Crippen LogP contribution is -2.10. The molecule has 0 radical (unpaired) electrons. The van der Waals surface area contributed by atoms with E-state index in [0.29, 0.717) is 12.5 Å². The number of anilines is 1. The van der Waals surface area contributed by atoms with Gasteiger partial charge in [-0.1, -0.05) is 13.8 Å². The van der Waals surface area contributed by atoms with Gasteiger partial charge in [-0.05, 0) is 30.9 Å². The van der Waals surface area contributed by atoms with E-state index in [1.54, 1.807) is 6.92 Å². The second kappa shape index (κ2) is 5.77. The van der Waals surface area contributed by atoms with Crippen molar-refractivity contribution in [2.24, 2.45) is 5.92 Å². The van der Waals surface area contributed by atoms with Crippen molar-refractivity contribution in [3.05, 3.63) is 21.1 Å². The first-order chi connectivity index (χ1) is 7.91. The number of halogens is 1. The van der Waals surface area contributed by atoms with Crippen molar-refractivity contribution in [2.45, 2.75) is 27.2 Å². The molecular weight excluding hydrogens is 244 g/mol. The molecule has 94 valence electrons. The van der Waals surface area contributed by atoms with Gasteiger partial charge >= 0.3 is 5.69 Å². The lowest BCUT2D eigenvalue weighted by atomic mass is 10.1. The number of hydrogen-bond acceptors (Lipinski definition) is 5. The molecule has 0 spiro atoms. The maximum atomic E-state index is 10.9. The van der Waals surface area contributed by atoms with Crippen LogP contribution in [0, 0.1) is 23.0 Å². The van der Waals surface area contributed by atoms with Gasteiger partial charge in [0.1, 0.15) is 5.69 Å². The third-order valence-corrected chi connectivity index (χ3v) is 2.40. The lowest BCUT2D eigenvalue weighted by Gasteiger charge is -2.09. The average Bonchev–Trinajstić information content (AvgIpc) is 2.14. The largest absolute Gasteiger partial charge is 0.364 e. The molecule has 6 nitrogen and oxygen atoms in total. The fourth-order valence-corrected chi connectivity index (χ4v) is 1.57. The highest BCUT2D eigenvalue weighted by atomic mass is 35.5. The standard InChI is InChI=1S/C10H15ClN4O2/c1-6(2)4-5-12-9-8(15(16)17)7(3)13-10(11)14-9/h6H,4-5H2,1-3H3,(H,12,13,14). The van der Waals surface area contributed by atoms with Crippen LogP contribution >= 0.6 is 11.6 Å². The van der Waals surface area contributed by atoms with Crippen LogP contribution in [0.15, 0.2) is 0 Å². The number of rotatable bonds is 5. The Kier molecular flexibility index (Phi) is 4.62. The fourth-order valence-electron chi connectivity index (χ4n) is 1.35. The lowest BCUT2D eigenvalue weighted by molar-refractivity contribution is -0.385. The summed E-state index contributed by atoms with van der Waals surface area (Å²) >= 11 is 5.68. The van der Waals surface area contributed by atoms with E-state index in [1.165, 1.54) is 0 Å². The molecule has 0 saturated carbocycles. The van der Waals surface area contributed by atoms with Gasteiger partial charge in [0.2, 0.25) is 11.1 Å². The van der Waals surface area contributed by atoms with Crippen LogP contribution in [0.3, 0.4) is 0 Å². The van der Waals surface area contributed by atoms with Gasteiger partial charge in [0.15, 0.2) is 0 Å². The molecule has 0 saturated heterocycles. The van der Waals surface area contributed by atoms with Crippen molar-refractivity contribution in [2.75, 3.05) is 11.9 Å². The summed E-state index contributed by atoms with van der Waals surface area (Å²) in [6.07, 6.45) is 0.901. The van der Waals surface area contributed by atoms with E-state index >= 15 is 0 Å². The van der Waals surface area contributed by atoms with Gasteiger partial charge < -0.3 is 5.32 Å². The first-order valence-corrected chi connectivity index (χ1v) is 5.72. The molecule has 0 fully saturated rings. The Balaban J connectivity index is 2.92. The summed E-state index contributed by atoms with van der Waals surface area (Å²) in [6, 6.07) is 0. The van der Waals surface area contributed by atoms with Crippen LogP contribution in [0.2, 0.25) is 5.28 Å². The quantitative estimate of drug-likeness (QED) is 0.499. The third kappa shape index (κ3) is 3.81. The minimum Gasteiger partial charge on any atom is -0.364 e. The van der Waals surface area contributed by atoms with E-state index in [9.17, 15) is 10.1 Å². The smallest absolute Gasteiger partial charge is 0.332 e. The number of aromatic nitrogens is 2. The van der Waals surface area contributed by atoms with Gasteiger partial charge in [-0.2, -0.15) is 4.98 Å². The zero-order chi connectivity index (χ0) is 13.0. The summed E-state index contributed by atoms with van der Waals surface area (Å²) in [7, 11) is 0. The maximum Gasteiger partial charge on any atom is 0.332 e. The molecule has 1 aromatic heterocycles. The van der Waals surface area contributed by atoms with Gasteiger partial charge in [0.05, 0.1) is 4.92 Å². The number of aryl methyl sites for hydroxylation is 1. The van der Waals surface area contributed by atoms with Crippen LogP contribution in [0.5, 0.6) is 0 Å². The number of nitrogens with zero attached hydrogens (tertiary/aromatic N) is 3. The van der Waals surface area contributed by atoms with Crippen molar-refractivity contribution < 1.29 is 4.92 Å². The Hall–Kier alpha value is -1.43. The van der Waals surface area contributed by atoms with Crippen LogP contribution < -0.4 is 5.32 Å². The number of nitro groups is 1. The van der Waals surface area contributed by atoms with E-state index in [-0.39, 0.29) is 22.5 Å². The molecule has 0 bridgehead atoms. The Morgan fingerprint density at radius 3 is 2.65 bits per heavy atom. The molecule has 0 aromatic carbocycles. The summed E-state index contributed by atoms with van der Waals surface area (Å²) in [5, 5.41) is 13.8. The summed E-state index contributed by atoms with van der Waals surface area (Å²) < 4.78 is 0. The van der Waals surface area contributed by atoms with Crippen molar-refractivity contribution >= 4 is 23.1 Å². The van der Waals surface area contributed by atoms with Crippen molar-refractivity contribution in [3.63, 3.8) is 0 Å². The van der Waals surface area contributed by atoms with Crippen molar-refractivity contribution in [1.82, 2.24) is 9.97 Å². The Bertz CT molecular complexity index is 423. The highest BCUT2D eigenvalue weighted by Gasteiger charge is 2.21. The summed E-state index contributed by atoms with van der Waals surface area (Å²) in [6.45, 7) is 6.31. The van der Waals surface area contributed by atoms with Gasteiger partial charge in [-0.3, -0.25) is 10.1 Å². The van der Waals surface area contributed by atoms with Crippen LogP contribution in [0.25, 0.3) is 0 Å². The third-order valence-electron chi connectivity index (χ3n) is 2.23. The van der Waals surface area contributed by atoms with Gasteiger partial charge in [-0.25, -0.2) is 4.98 Å². The van der Waals surface area contributed by atoms with Crippen molar-refractivity contribution in [1.29, 1.82) is 0 Å². The maximum absolute atomic E-state index is 10.9. The minimum absolute atomic E-state index is 0.0140. The molecular formula is C10H15ClN4O2. The first kappa shape index (κ1) is 13.6. The fraction of sp³-hybridized carbons (Fsp3) is 0.600. The normalized spacial score (nSPS) is 10.6. The van der Waals surface area contributed by atoms with Crippen LogP contribution in [-0.4, -0.2) is 21.4 Å². The molecule has 1 aromatic rings. The molecule has 0 atom stereocenters. The second-order valence-electron chi connectivity index (χ2n) is 4.14. The molecule has 17 heavy (non-hydrogen) atoms. The minimum atomic E-state index is -0.497. The SMILES string of the molecule is Cc1nc(Cl)nc(NCCC(C)C)c1[N+](=O)[O-]. The Morgan fingerprint density at radius 2 is 2.12 bits per heavy atom. The molecule has 1 heterocycles. The highest BCUT2D eigenvalue weighted by molar-refractivity contribution is 6.28. The van der Waals surface area contributed by atoms with Gasteiger partial charge in [0.25, 0.3) is 0 Å². The molecule has 7 heteroatoms. The van der Waals surface area contributed by atoms with Gasteiger partial charge in [0, 0.05) is 6.54 Å². The zero-order valence-electron chi connectivity index (χ0n) is 10.0. The molecule has 0 amide bonds. The molecule has 0 aliphatic heterocycles. The average molecular weight is 259 g/mol. The Morgan fingerprint density at radius 1 is 1.47 bits per heavy atom. The molecule has 1 rings (SSSR count). The second-order valence-corrected chi connectivity index (χ2v) is 4.48. The van der Waals surface area contributed by atoms with E-state index in [4.69, 9.17) is 11.6 Å². The monoisotopic (exact) mass is 258 g/mol. The molecule has 0 aliphatic carbocycles. The topological polar surface area (TPSA) is 81.0 Å².